The summed E-state index contributed by atoms with van der Waals surface area (Å²) in [5.41, 5.74) is -1.49. The summed E-state index contributed by atoms with van der Waals surface area (Å²) >= 11 is 0. The van der Waals surface area contributed by atoms with Crippen LogP contribution < -0.4 is 4.74 Å². The van der Waals surface area contributed by atoms with E-state index in [9.17, 15) is 18.0 Å². The van der Waals surface area contributed by atoms with Gasteiger partial charge in [-0.3, -0.25) is 0 Å². The van der Waals surface area contributed by atoms with E-state index in [1.807, 2.05) is 0 Å². The van der Waals surface area contributed by atoms with Gasteiger partial charge in [-0.25, -0.2) is 4.79 Å². The average Bonchev–Trinajstić information content (AvgIpc) is 2.38. The molecule has 1 saturated heterocycles. The summed E-state index contributed by atoms with van der Waals surface area (Å²) in [6.07, 6.45) is -3.65. The summed E-state index contributed by atoms with van der Waals surface area (Å²) < 4.78 is 48.3. The van der Waals surface area contributed by atoms with Crippen LogP contribution in [-0.2, 0) is 10.9 Å². The van der Waals surface area contributed by atoms with Gasteiger partial charge >= 0.3 is 12.1 Å². The van der Waals surface area contributed by atoms with Gasteiger partial charge in [0, 0.05) is 12.8 Å². The molecule has 1 aromatic rings. The highest BCUT2D eigenvalue weighted by Gasteiger charge is 2.32. The molecule has 7 heteroatoms. The largest absolute Gasteiger partial charge is 0.489 e. The van der Waals surface area contributed by atoms with Crippen molar-refractivity contribution in [1.29, 1.82) is 0 Å². The van der Waals surface area contributed by atoms with Crippen molar-refractivity contribution in [2.24, 2.45) is 0 Å². The third-order valence-corrected chi connectivity index (χ3v) is 3.00. The first-order chi connectivity index (χ1) is 9.38. The van der Waals surface area contributed by atoms with Crippen molar-refractivity contribution in [3.05, 3.63) is 29.3 Å². The van der Waals surface area contributed by atoms with Crippen LogP contribution in [0.25, 0.3) is 0 Å². The molecule has 1 fully saturated rings. The van der Waals surface area contributed by atoms with Gasteiger partial charge in [-0.2, -0.15) is 13.2 Å². The zero-order valence-electron chi connectivity index (χ0n) is 10.4. The molecule has 1 aliphatic rings. The highest BCUT2D eigenvalue weighted by Crippen LogP contribution is 2.33. The van der Waals surface area contributed by atoms with Gasteiger partial charge in [0.25, 0.3) is 0 Å². The zero-order chi connectivity index (χ0) is 14.8. The quantitative estimate of drug-likeness (QED) is 0.930. The predicted octanol–water partition coefficient (Wildman–Crippen LogP) is 2.96. The molecule has 0 aromatic heterocycles. The standard InChI is InChI=1S/C13H13F3O4/c14-13(15,16)8-1-2-11(10(7-8)12(17)18)20-9-3-5-19-6-4-9/h1-2,7,9H,3-6H2,(H,17,18). The molecule has 110 valence electrons. The fraction of sp³-hybridized carbons (Fsp3) is 0.462. The number of benzene rings is 1. The normalized spacial score (nSPS) is 16.9. The smallest absolute Gasteiger partial charge is 0.416 e. The fourth-order valence-electron chi connectivity index (χ4n) is 1.95. The number of carboxylic acid groups (broad SMARTS) is 1. The summed E-state index contributed by atoms with van der Waals surface area (Å²) in [5, 5.41) is 9.01. The number of carbonyl (C=O) groups is 1. The third-order valence-electron chi connectivity index (χ3n) is 3.00. The lowest BCUT2D eigenvalue weighted by atomic mass is 10.1. The van der Waals surface area contributed by atoms with Crippen molar-refractivity contribution in [2.75, 3.05) is 13.2 Å². The Kier molecular flexibility index (Phi) is 4.17. The maximum Gasteiger partial charge on any atom is 0.416 e. The van der Waals surface area contributed by atoms with E-state index in [4.69, 9.17) is 14.6 Å². The molecule has 2 rings (SSSR count). The van der Waals surface area contributed by atoms with E-state index in [-0.39, 0.29) is 11.9 Å². The molecular weight excluding hydrogens is 277 g/mol. The van der Waals surface area contributed by atoms with Gasteiger partial charge in [0.1, 0.15) is 17.4 Å². The lowest BCUT2D eigenvalue weighted by molar-refractivity contribution is -0.137. The van der Waals surface area contributed by atoms with Crippen LogP contribution in [0, 0.1) is 0 Å². The second-order valence-electron chi connectivity index (χ2n) is 4.44. The van der Waals surface area contributed by atoms with Crippen LogP contribution >= 0.6 is 0 Å². The van der Waals surface area contributed by atoms with Crippen LogP contribution in [0.15, 0.2) is 18.2 Å². The Balaban J connectivity index is 2.25. The van der Waals surface area contributed by atoms with Gasteiger partial charge in [-0.1, -0.05) is 0 Å². The van der Waals surface area contributed by atoms with E-state index in [0.717, 1.165) is 12.1 Å². The van der Waals surface area contributed by atoms with Crippen LogP contribution in [0.5, 0.6) is 5.75 Å². The molecule has 0 saturated carbocycles. The Morgan fingerprint density at radius 2 is 1.95 bits per heavy atom. The molecular formula is C13H13F3O4. The Morgan fingerprint density at radius 3 is 2.50 bits per heavy atom. The number of aromatic carboxylic acids is 1. The SMILES string of the molecule is O=C(O)c1cc(C(F)(F)F)ccc1OC1CCOCC1. The molecule has 1 aromatic carbocycles. The Morgan fingerprint density at radius 1 is 1.30 bits per heavy atom. The van der Waals surface area contributed by atoms with E-state index in [1.54, 1.807) is 0 Å². The maximum absolute atomic E-state index is 12.6. The van der Waals surface area contributed by atoms with Crippen LogP contribution in [0.2, 0.25) is 0 Å². The van der Waals surface area contributed by atoms with E-state index in [2.05, 4.69) is 0 Å². The van der Waals surface area contributed by atoms with Gasteiger partial charge in [0.2, 0.25) is 0 Å². The van der Waals surface area contributed by atoms with E-state index >= 15 is 0 Å². The average molecular weight is 290 g/mol. The van der Waals surface area contributed by atoms with Crippen LogP contribution in [0.1, 0.15) is 28.8 Å². The summed E-state index contributed by atoms with van der Waals surface area (Å²) in [4.78, 5) is 11.1. The Hall–Kier alpha value is -1.76. The van der Waals surface area contributed by atoms with Crippen molar-refractivity contribution >= 4 is 5.97 Å². The zero-order valence-corrected chi connectivity index (χ0v) is 10.4. The minimum atomic E-state index is -4.58. The number of ether oxygens (including phenoxy) is 2. The van der Waals surface area contributed by atoms with E-state index < -0.39 is 23.3 Å². The minimum Gasteiger partial charge on any atom is -0.489 e. The number of hydrogen-bond acceptors (Lipinski definition) is 3. The molecule has 1 N–H and O–H groups in total. The number of hydrogen-bond donors (Lipinski definition) is 1. The molecule has 1 aliphatic heterocycles. The molecule has 0 unspecified atom stereocenters. The summed E-state index contributed by atoms with van der Waals surface area (Å²) in [6, 6.07) is 2.47. The second kappa shape index (κ2) is 5.70. The summed E-state index contributed by atoms with van der Waals surface area (Å²) in [7, 11) is 0. The van der Waals surface area contributed by atoms with E-state index in [0.29, 0.717) is 32.1 Å². The first-order valence-electron chi connectivity index (χ1n) is 6.07. The molecule has 0 spiro atoms. The van der Waals surface area contributed by atoms with Gasteiger partial charge in [-0.15, -0.1) is 0 Å². The molecule has 4 nitrogen and oxygen atoms in total. The van der Waals surface area contributed by atoms with Crippen molar-refractivity contribution < 1.29 is 32.5 Å². The second-order valence-corrected chi connectivity index (χ2v) is 4.44. The molecule has 0 bridgehead atoms. The summed E-state index contributed by atoms with van der Waals surface area (Å²) in [5.74, 6) is -1.49. The number of alkyl halides is 3. The minimum absolute atomic E-state index is 0.0441. The lowest BCUT2D eigenvalue weighted by Crippen LogP contribution is -2.26. The van der Waals surface area contributed by atoms with Crippen LogP contribution in [-0.4, -0.2) is 30.4 Å². The molecule has 1 heterocycles. The molecule has 0 atom stereocenters. The molecule has 0 aliphatic carbocycles. The molecule has 0 radical (unpaired) electrons. The van der Waals surface area contributed by atoms with Gasteiger partial charge in [0.05, 0.1) is 18.8 Å². The monoisotopic (exact) mass is 290 g/mol. The maximum atomic E-state index is 12.6. The van der Waals surface area contributed by atoms with Gasteiger partial charge < -0.3 is 14.6 Å². The number of rotatable bonds is 3. The van der Waals surface area contributed by atoms with Gasteiger partial charge in [-0.05, 0) is 18.2 Å². The fourth-order valence-corrected chi connectivity index (χ4v) is 1.95. The Bertz CT molecular complexity index is 493. The first kappa shape index (κ1) is 14.6. The van der Waals surface area contributed by atoms with Crippen molar-refractivity contribution in [3.8, 4) is 5.75 Å². The predicted molar refractivity (Wildman–Crippen MR) is 62.9 cm³/mol. The lowest BCUT2D eigenvalue weighted by Gasteiger charge is -2.24. The molecule has 0 amide bonds. The first-order valence-corrected chi connectivity index (χ1v) is 6.07. The van der Waals surface area contributed by atoms with Crippen molar-refractivity contribution in [2.45, 2.75) is 25.1 Å². The van der Waals surface area contributed by atoms with Crippen molar-refractivity contribution in [1.82, 2.24) is 0 Å². The topological polar surface area (TPSA) is 55.8 Å². The highest BCUT2D eigenvalue weighted by atomic mass is 19.4. The van der Waals surface area contributed by atoms with Gasteiger partial charge in [0.15, 0.2) is 0 Å². The van der Waals surface area contributed by atoms with Crippen molar-refractivity contribution in [3.63, 3.8) is 0 Å². The van der Waals surface area contributed by atoms with E-state index in [1.165, 1.54) is 0 Å². The van der Waals surface area contributed by atoms with Crippen LogP contribution in [0.4, 0.5) is 13.2 Å². The highest BCUT2D eigenvalue weighted by molar-refractivity contribution is 5.91. The summed E-state index contributed by atoms with van der Waals surface area (Å²) in [6.45, 7) is 0.988. The number of halogens is 3. The third kappa shape index (κ3) is 3.41. The Labute approximate surface area is 113 Å². The van der Waals surface area contributed by atoms with Crippen LogP contribution in [0.3, 0.4) is 0 Å². The number of carboxylic acids is 1. The molecule has 20 heavy (non-hydrogen) atoms.